The largest absolute Gasteiger partial charge is 0.424 e. The number of rotatable bonds is 5. The summed E-state index contributed by atoms with van der Waals surface area (Å²) in [5.41, 5.74) is 2.28. The molecule has 0 saturated carbocycles. The molecular weight excluding hydrogens is 398 g/mol. The van der Waals surface area contributed by atoms with Crippen LogP contribution in [0.4, 0.5) is 0 Å². The van der Waals surface area contributed by atoms with Gasteiger partial charge in [-0.05, 0) is 60.7 Å². The van der Waals surface area contributed by atoms with Gasteiger partial charge in [0.15, 0.2) is 0 Å². The summed E-state index contributed by atoms with van der Waals surface area (Å²) in [7, 11) is 0. The summed E-state index contributed by atoms with van der Waals surface area (Å²) < 4.78 is 5.70. The molecule has 0 spiro atoms. The summed E-state index contributed by atoms with van der Waals surface area (Å²) in [5.74, 6) is 0.179. The number of hydrogen-bond acceptors (Lipinski definition) is 4. The molecule has 1 aliphatic carbocycles. The molecule has 4 nitrogen and oxygen atoms in total. The standard InChI is InChI=1S/C28H29NO3/c1-20(19-29-17-7-2-8-18-29)21-13-15-22(16-14-21)32-27(30)28(31)25-11-5-3-9-23(25)24-10-4-6-12-26(24)28/h3-6,9-16,20,31H,2,7-8,17-19H2,1H3. The zero-order chi connectivity index (χ0) is 22.1. The van der Waals surface area contributed by atoms with Crippen molar-refractivity contribution in [3.8, 4) is 16.9 Å². The zero-order valence-electron chi connectivity index (χ0n) is 18.5. The smallest absolute Gasteiger partial charge is 0.353 e. The van der Waals surface area contributed by atoms with Crippen LogP contribution in [0.1, 0.15) is 48.8 Å². The number of likely N-dealkylation sites (tertiary alicyclic amines) is 1. The van der Waals surface area contributed by atoms with Crippen LogP contribution in [0.15, 0.2) is 72.8 Å². The van der Waals surface area contributed by atoms with E-state index >= 15 is 0 Å². The van der Waals surface area contributed by atoms with Gasteiger partial charge in [-0.2, -0.15) is 0 Å². The minimum absolute atomic E-state index is 0.413. The first kappa shape index (κ1) is 20.9. The van der Waals surface area contributed by atoms with Crippen molar-refractivity contribution < 1.29 is 14.6 Å². The van der Waals surface area contributed by atoms with Crippen molar-refractivity contribution in [1.82, 2.24) is 4.90 Å². The molecule has 32 heavy (non-hydrogen) atoms. The van der Waals surface area contributed by atoms with Crippen LogP contribution in [-0.4, -0.2) is 35.6 Å². The maximum absolute atomic E-state index is 13.3. The van der Waals surface area contributed by atoms with E-state index in [1.54, 1.807) is 12.1 Å². The van der Waals surface area contributed by atoms with Crippen LogP contribution < -0.4 is 4.74 Å². The first-order chi connectivity index (χ1) is 15.6. The Bertz CT molecular complexity index is 1070. The highest BCUT2D eigenvalue weighted by Crippen LogP contribution is 2.47. The highest BCUT2D eigenvalue weighted by Gasteiger charge is 2.49. The van der Waals surface area contributed by atoms with E-state index < -0.39 is 11.6 Å². The molecule has 4 heteroatoms. The number of carbonyl (C=O) groups is 1. The number of nitrogens with zero attached hydrogens (tertiary/aromatic N) is 1. The second kappa shape index (κ2) is 8.53. The molecule has 1 unspecified atom stereocenters. The number of hydrogen-bond donors (Lipinski definition) is 1. The lowest BCUT2D eigenvalue weighted by atomic mass is 9.91. The van der Waals surface area contributed by atoms with Gasteiger partial charge >= 0.3 is 5.97 Å². The topological polar surface area (TPSA) is 49.8 Å². The number of aliphatic hydroxyl groups is 1. The lowest BCUT2D eigenvalue weighted by Gasteiger charge is -2.29. The Balaban J connectivity index is 1.34. The van der Waals surface area contributed by atoms with Crippen molar-refractivity contribution >= 4 is 5.97 Å². The van der Waals surface area contributed by atoms with Crippen molar-refractivity contribution in [3.05, 3.63) is 89.5 Å². The average Bonchev–Trinajstić information content (AvgIpc) is 3.10. The highest BCUT2D eigenvalue weighted by atomic mass is 16.6. The summed E-state index contributed by atoms with van der Waals surface area (Å²) >= 11 is 0. The quantitative estimate of drug-likeness (QED) is 0.455. The second-order valence-electron chi connectivity index (χ2n) is 9.02. The third-order valence-corrected chi connectivity index (χ3v) is 6.86. The molecule has 5 rings (SSSR count). The Morgan fingerprint density at radius 2 is 1.47 bits per heavy atom. The lowest BCUT2D eigenvalue weighted by Crippen LogP contribution is -2.38. The SMILES string of the molecule is CC(CN1CCCCC1)c1ccc(OC(=O)C2(O)c3ccccc3-c3ccccc32)cc1. The first-order valence-corrected chi connectivity index (χ1v) is 11.5. The van der Waals surface area contributed by atoms with E-state index in [1.807, 2.05) is 60.7 Å². The Kier molecular flexibility index (Phi) is 5.58. The van der Waals surface area contributed by atoms with Crippen molar-refractivity contribution in [1.29, 1.82) is 0 Å². The number of carbonyl (C=O) groups excluding carboxylic acids is 1. The third-order valence-electron chi connectivity index (χ3n) is 6.86. The Morgan fingerprint density at radius 3 is 2.06 bits per heavy atom. The van der Waals surface area contributed by atoms with Gasteiger partial charge in [0.25, 0.3) is 0 Å². The molecule has 1 heterocycles. The van der Waals surface area contributed by atoms with Crippen LogP contribution in [0.5, 0.6) is 5.75 Å². The summed E-state index contributed by atoms with van der Waals surface area (Å²) in [5, 5.41) is 11.6. The van der Waals surface area contributed by atoms with E-state index in [-0.39, 0.29) is 0 Å². The summed E-state index contributed by atoms with van der Waals surface area (Å²) in [6, 6.07) is 22.7. The molecule has 3 aromatic carbocycles. The van der Waals surface area contributed by atoms with E-state index in [0.29, 0.717) is 22.8 Å². The molecule has 1 aliphatic heterocycles. The van der Waals surface area contributed by atoms with Crippen LogP contribution in [0.3, 0.4) is 0 Å². The van der Waals surface area contributed by atoms with Crippen LogP contribution in [-0.2, 0) is 10.4 Å². The van der Waals surface area contributed by atoms with Crippen molar-refractivity contribution in [2.24, 2.45) is 0 Å². The van der Waals surface area contributed by atoms with Crippen molar-refractivity contribution in [3.63, 3.8) is 0 Å². The van der Waals surface area contributed by atoms with Crippen LogP contribution in [0.25, 0.3) is 11.1 Å². The number of ether oxygens (including phenoxy) is 1. The summed E-state index contributed by atoms with van der Waals surface area (Å²) in [4.78, 5) is 15.8. The Hall–Kier alpha value is -2.95. The molecule has 1 saturated heterocycles. The molecule has 1 N–H and O–H groups in total. The van der Waals surface area contributed by atoms with E-state index in [2.05, 4.69) is 11.8 Å². The predicted octanol–water partition coefficient (Wildman–Crippen LogP) is 5.10. The highest BCUT2D eigenvalue weighted by molar-refractivity contribution is 5.97. The predicted molar refractivity (Wildman–Crippen MR) is 126 cm³/mol. The molecule has 0 amide bonds. The first-order valence-electron chi connectivity index (χ1n) is 11.5. The van der Waals surface area contributed by atoms with Gasteiger partial charge in [-0.3, -0.25) is 0 Å². The van der Waals surface area contributed by atoms with Gasteiger partial charge in [0.2, 0.25) is 5.60 Å². The van der Waals surface area contributed by atoms with Gasteiger partial charge in [0, 0.05) is 17.7 Å². The molecule has 164 valence electrons. The van der Waals surface area contributed by atoms with Gasteiger partial charge in [-0.25, -0.2) is 4.79 Å². The summed E-state index contributed by atoms with van der Waals surface area (Å²) in [6.07, 6.45) is 3.92. The monoisotopic (exact) mass is 427 g/mol. The van der Waals surface area contributed by atoms with Crippen molar-refractivity contribution in [2.45, 2.75) is 37.7 Å². The molecule has 2 aliphatic rings. The fraction of sp³-hybridized carbons (Fsp3) is 0.321. The van der Waals surface area contributed by atoms with Crippen molar-refractivity contribution in [2.75, 3.05) is 19.6 Å². The molecule has 1 atom stereocenters. The van der Waals surface area contributed by atoms with E-state index in [1.165, 1.54) is 37.9 Å². The normalized spacial score (nSPS) is 17.9. The molecular formula is C28H29NO3. The Morgan fingerprint density at radius 1 is 0.906 bits per heavy atom. The van der Waals surface area contributed by atoms with Gasteiger partial charge in [-0.15, -0.1) is 0 Å². The fourth-order valence-corrected chi connectivity index (χ4v) is 5.11. The number of fused-ring (bicyclic) bond motifs is 3. The van der Waals surface area contributed by atoms with Gasteiger partial charge in [0.1, 0.15) is 5.75 Å². The lowest BCUT2D eigenvalue weighted by molar-refractivity contribution is -0.151. The molecule has 0 radical (unpaired) electrons. The maximum Gasteiger partial charge on any atom is 0.353 e. The van der Waals surface area contributed by atoms with Gasteiger partial charge < -0.3 is 14.7 Å². The van der Waals surface area contributed by atoms with Crippen LogP contribution in [0, 0.1) is 0 Å². The van der Waals surface area contributed by atoms with Crippen LogP contribution >= 0.6 is 0 Å². The average molecular weight is 428 g/mol. The van der Waals surface area contributed by atoms with E-state index in [9.17, 15) is 9.90 Å². The maximum atomic E-state index is 13.3. The van der Waals surface area contributed by atoms with E-state index in [4.69, 9.17) is 4.74 Å². The minimum atomic E-state index is -1.81. The number of piperidine rings is 1. The minimum Gasteiger partial charge on any atom is -0.424 e. The van der Waals surface area contributed by atoms with Crippen LogP contribution in [0.2, 0.25) is 0 Å². The Labute approximate surface area is 189 Å². The number of esters is 1. The molecule has 3 aromatic rings. The molecule has 0 bridgehead atoms. The van der Waals surface area contributed by atoms with Gasteiger partial charge in [-0.1, -0.05) is 74.0 Å². The molecule has 1 fully saturated rings. The number of benzene rings is 3. The fourth-order valence-electron chi connectivity index (χ4n) is 5.11. The zero-order valence-corrected chi connectivity index (χ0v) is 18.5. The second-order valence-corrected chi connectivity index (χ2v) is 9.02. The van der Waals surface area contributed by atoms with Gasteiger partial charge in [0.05, 0.1) is 0 Å². The third kappa shape index (κ3) is 3.64. The molecule has 0 aromatic heterocycles. The van der Waals surface area contributed by atoms with E-state index in [0.717, 1.165) is 17.7 Å². The summed E-state index contributed by atoms with van der Waals surface area (Å²) in [6.45, 7) is 5.65.